The smallest absolute Gasteiger partial charge is 0.255 e. The second kappa shape index (κ2) is 7.49. The van der Waals surface area contributed by atoms with Crippen molar-refractivity contribution in [3.8, 4) is 0 Å². The molecule has 0 aliphatic heterocycles. The minimum absolute atomic E-state index is 0.144. The highest BCUT2D eigenvalue weighted by molar-refractivity contribution is 9.10. The number of amides is 1. The normalized spacial score (nSPS) is 10.4. The fourth-order valence-electron chi connectivity index (χ4n) is 2.40. The van der Waals surface area contributed by atoms with Crippen LogP contribution < -0.4 is 10.6 Å². The molecule has 4 nitrogen and oxygen atoms in total. The number of carbonyl (C=O) groups excluding carboxylic acids is 1. The van der Waals surface area contributed by atoms with Gasteiger partial charge in [0.2, 0.25) is 0 Å². The lowest BCUT2D eigenvalue weighted by Gasteiger charge is -2.09. The molecule has 3 aromatic rings. The molecule has 0 aliphatic rings. The zero-order chi connectivity index (χ0) is 17.8. The third-order valence-electron chi connectivity index (χ3n) is 3.73. The predicted molar refractivity (Wildman–Crippen MR) is 106 cm³/mol. The third-order valence-corrected chi connectivity index (χ3v) is 4.62. The monoisotopic (exact) mass is 395 g/mol. The molecule has 2 aromatic carbocycles. The van der Waals surface area contributed by atoms with Gasteiger partial charge < -0.3 is 10.6 Å². The van der Waals surface area contributed by atoms with Crippen molar-refractivity contribution < 1.29 is 4.79 Å². The Hall–Kier alpha value is -2.66. The SMILES string of the molecule is Cc1cccc(C(=O)Nc2ccc(Nc3ccc(Br)c(C)c3)nc2)c1. The summed E-state index contributed by atoms with van der Waals surface area (Å²) in [5.74, 6) is 0.574. The Kier molecular flexibility index (Phi) is 5.14. The number of aryl methyl sites for hydroxylation is 2. The number of nitrogens with one attached hydrogen (secondary N) is 2. The average molecular weight is 396 g/mol. The van der Waals surface area contributed by atoms with Gasteiger partial charge >= 0.3 is 0 Å². The first-order valence-corrected chi connectivity index (χ1v) is 8.68. The van der Waals surface area contributed by atoms with Gasteiger partial charge in [-0.1, -0.05) is 33.6 Å². The van der Waals surface area contributed by atoms with E-state index < -0.39 is 0 Å². The number of carbonyl (C=O) groups is 1. The van der Waals surface area contributed by atoms with Crippen molar-refractivity contribution in [1.82, 2.24) is 4.98 Å². The van der Waals surface area contributed by atoms with E-state index in [1.165, 1.54) is 0 Å². The lowest BCUT2D eigenvalue weighted by molar-refractivity contribution is 0.102. The Balaban J connectivity index is 1.67. The molecule has 0 spiro atoms. The summed E-state index contributed by atoms with van der Waals surface area (Å²) >= 11 is 3.49. The second-order valence-electron chi connectivity index (χ2n) is 5.84. The number of rotatable bonds is 4. The van der Waals surface area contributed by atoms with E-state index in [4.69, 9.17) is 0 Å². The number of hydrogen-bond donors (Lipinski definition) is 2. The van der Waals surface area contributed by atoms with Gasteiger partial charge in [-0.25, -0.2) is 4.98 Å². The summed E-state index contributed by atoms with van der Waals surface area (Å²) in [6.07, 6.45) is 1.64. The van der Waals surface area contributed by atoms with Crippen molar-refractivity contribution in [2.75, 3.05) is 10.6 Å². The number of anilines is 3. The maximum atomic E-state index is 12.3. The van der Waals surface area contributed by atoms with Gasteiger partial charge in [0.05, 0.1) is 11.9 Å². The number of pyridine rings is 1. The van der Waals surface area contributed by atoms with Gasteiger partial charge in [0.1, 0.15) is 5.82 Å². The molecule has 5 heteroatoms. The van der Waals surface area contributed by atoms with Crippen molar-refractivity contribution in [3.63, 3.8) is 0 Å². The molecule has 0 saturated carbocycles. The Morgan fingerprint density at radius 1 is 1.00 bits per heavy atom. The predicted octanol–water partition coefficient (Wildman–Crippen LogP) is 5.46. The standard InChI is InChI=1S/C20H18BrN3O/c1-13-4-3-5-15(10-13)20(25)24-17-7-9-19(22-12-17)23-16-6-8-18(21)14(2)11-16/h3-12H,1-2H3,(H,22,23)(H,24,25). The van der Waals surface area contributed by atoms with Crippen molar-refractivity contribution >= 4 is 39.0 Å². The Bertz CT molecular complexity index is 907. The van der Waals surface area contributed by atoms with Crippen molar-refractivity contribution in [3.05, 3.63) is 82.0 Å². The Morgan fingerprint density at radius 2 is 1.80 bits per heavy atom. The van der Waals surface area contributed by atoms with E-state index in [9.17, 15) is 4.79 Å². The highest BCUT2D eigenvalue weighted by Gasteiger charge is 2.06. The van der Waals surface area contributed by atoms with Crippen LogP contribution in [0, 0.1) is 13.8 Å². The van der Waals surface area contributed by atoms with Crippen LogP contribution in [0.25, 0.3) is 0 Å². The van der Waals surface area contributed by atoms with Crippen LogP contribution in [0.5, 0.6) is 0 Å². The first kappa shape index (κ1) is 17.2. The molecule has 1 aromatic heterocycles. The summed E-state index contributed by atoms with van der Waals surface area (Å²) < 4.78 is 1.07. The van der Waals surface area contributed by atoms with Crippen LogP contribution >= 0.6 is 15.9 Å². The van der Waals surface area contributed by atoms with Gasteiger partial charge in [-0.05, 0) is 61.9 Å². The highest BCUT2D eigenvalue weighted by atomic mass is 79.9. The van der Waals surface area contributed by atoms with Crippen molar-refractivity contribution in [2.45, 2.75) is 13.8 Å². The van der Waals surface area contributed by atoms with E-state index in [0.717, 1.165) is 27.1 Å². The van der Waals surface area contributed by atoms with E-state index in [0.29, 0.717) is 11.3 Å². The molecule has 1 amide bonds. The first-order chi connectivity index (χ1) is 12.0. The zero-order valence-electron chi connectivity index (χ0n) is 14.0. The second-order valence-corrected chi connectivity index (χ2v) is 6.70. The molecule has 3 rings (SSSR count). The third kappa shape index (κ3) is 4.45. The van der Waals surface area contributed by atoms with Crippen LogP contribution in [0.1, 0.15) is 21.5 Å². The van der Waals surface area contributed by atoms with Crippen LogP contribution in [-0.4, -0.2) is 10.9 Å². The maximum absolute atomic E-state index is 12.3. The molecule has 0 radical (unpaired) electrons. The van der Waals surface area contributed by atoms with Gasteiger partial charge in [0, 0.05) is 15.7 Å². The van der Waals surface area contributed by atoms with Crippen molar-refractivity contribution in [1.29, 1.82) is 0 Å². The summed E-state index contributed by atoms with van der Waals surface area (Å²) in [4.78, 5) is 16.6. The molecule has 0 fully saturated rings. The van der Waals surface area contributed by atoms with Crippen LogP contribution in [0.3, 0.4) is 0 Å². The molecule has 1 heterocycles. The average Bonchev–Trinajstić information content (AvgIpc) is 2.60. The molecule has 0 bridgehead atoms. The Labute approximate surface area is 155 Å². The molecular formula is C20H18BrN3O. The topological polar surface area (TPSA) is 54.0 Å². The summed E-state index contributed by atoms with van der Waals surface area (Å²) in [5, 5.41) is 6.10. The van der Waals surface area contributed by atoms with Gasteiger partial charge in [0.25, 0.3) is 5.91 Å². The number of aromatic nitrogens is 1. The molecule has 0 atom stereocenters. The van der Waals surface area contributed by atoms with Crippen LogP contribution in [0.2, 0.25) is 0 Å². The minimum Gasteiger partial charge on any atom is -0.340 e. The summed E-state index contributed by atoms with van der Waals surface area (Å²) in [6, 6.07) is 17.2. The van der Waals surface area contributed by atoms with E-state index in [2.05, 4.69) is 31.5 Å². The molecule has 25 heavy (non-hydrogen) atoms. The molecule has 2 N–H and O–H groups in total. The van der Waals surface area contributed by atoms with Gasteiger partial charge in [-0.15, -0.1) is 0 Å². The van der Waals surface area contributed by atoms with E-state index in [1.807, 2.05) is 62.4 Å². The summed E-state index contributed by atoms with van der Waals surface area (Å²) in [5.41, 5.74) is 4.45. The zero-order valence-corrected chi connectivity index (χ0v) is 15.6. The van der Waals surface area contributed by atoms with E-state index in [-0.39, 0.29) is 5.91 Å². The lowest BCUT2D eigenvalue weighted by Crippen LogP contribution is -2.12. The fraction of sp³-hybridized carbons (Fsp3) is 0.100. The Morgan fingerprint density at radius 3 is 2.48 bits per heavy atom. The van der Waals surface area contributed by atoms with Crippen LogP contribution in [-0.2, 0) is 0 Å². The van der Waals surface area contributed by atoms with Crippen LogP contribution in [0.4, 0.5) is 17.2 Å². The highest BCUT2D eigenvalue weighted by Crippen LogP contribution is 2.22. The summed E-state index contributed by atoms with van der Waals surface area (Å²) in [7, 11) is 0. The number of benzene rings is 2. The van der Waals surface area contributed by atoms with Gasteiger partial charge in [0.15, 0.2) is 0 Å². The van der Waals surface area contributed by atoms with Gasteiger partial charge in [-0.3, -0.25) is 4.79 Å². The van der Waals surface area contributed by atoms with Gasteiger partial charge in [-0.2, -0.15) is 0 Å². The number of nitrogens with zero attached hydrogens (tertiary/aromatic N) is 1. The van der Waals surface area contributed by atoms with Crippen molar-refractivity contribution in [2.24, 2.45) is 0 Å². The van der Waals surface area contributed by atoms with E-state index in [1.54, 1.807) is 12.3 Å². The van der Waals surface area contributed by atoms with Crippen LogP contribution in [0.15, 0.2) is 65.3 Å². The number of hydrogen-bond acceptors (Lipinski definition) is 3. The molecule has 0 unspecified atom stereocenters. The quantitative estimate of drug-likeness (QED) is 0.616. The largest absolute Gasteiger partial charge is 0.340 e. The fourth-order valence-corrected chi connectivity index (χ4v) is 2.65. The molecule has 126 valence electrons. The molecule has 0 aliphatic carbocycles. The molecule has 0 saturated heterocycles. The maximum Gasteiger partial charge on any atom is 0.255 e. The van der Waals surface area contributed by atoms with E-state index >= 15 is 0 Å². The first-order valence-electron chi connectivity index (χ1n) is 7.88. The molecular weight excluding hydrogens is 378 g/mol. The lowest BCUT2D eigenvalue weighted by atomic mass is 10.1. The minimum atomic E-state index is -0.144. The summed E-state index contributed by atoms with van der Waals surface area (Å²) in [6.45, 7) is 4.00. The number of halogens is 1.